The number of benzene rings is 1. The van der Waals surface area contributed by atoms with Crippen LogP contribution < -0.4 is 0 Å². The summed E-state index contributed by atoms with van der Waals surface area (Å²) in [4.78, 5) is 17.1. The normalized spacial score (nSPS) is 17.8. The van der Waals surface area contributed by atoms with Gasteiger partial charge in [-0.1, -0.05) is 23.2 Å². The zero-order valence-electron chi connectivity index (χ0n) is 8.04. The Morgan fingerprint density at radius 2 is 2.12 bits per heavy atom. The van der Waals surface area contributed by atoms with Crippen molar-refractivity contribution < 1.29 is 9.53 Å². The molecule has 0 bridgehead atoms. The van der Waals surface area contributed by atoms with Gasteiger partial charge in [-0.25, -0.2) is 4.79 Å². The molecule has 0 radical (unpaired) electrons. The minimum absolute atomic E-state index is 0.209. The van der Waals surface area contributed by atoms with Gasteiger partial charge in [0.05, 0.1) is 22.3 Å². The molecule has 6 heteroatoms. The maximum atomic E-state index is 11.1. The van der Waals surface area contributed by atoms with E-state index in [1.807, 2.05) is 0 Å². The number of ether oxygens (including phenoxy) is 1. The monoisotopic (exact) mass is 256 g/mol. The maximum Gasteiger partial charge on any atom is 0.333 e. The molecule has 0 unspecified atom stereocenters. The molecule has 4 nitrogen and oxygen atoms in total. The van der Waals surface area contributed by atoms with E-state index >= 15 is 0 Å². The Labute approximate surface area is 101 Å². The van der Waals surface area contributed by atoms with Crippen molar-refractivity contribution >= 4 is 40.9 Å². The van der Waals surface area contributed by atoms with Crippen molar-refractivity contribution in [1.29, 1.82) is 0 Å². The van der Waals surface area contributed by atoms with Crippen LogP contribution in [0.1, 0.15) is 5.56 Å². The van der Waals surface area contributed by atoms with Crippen LogP contribution in [0.3, 0.4) is 0 Å². The summed E-state index contributed by atoms with van der Waals surface area (Å²) < 4.78 is 4.95. The first-order chi connectivity index (χ1) is 7.65. The highest BCUT2D eigenvalue weighted by Gasteiger charge is 2.32. The van der Waals surface area contributed by atoms with Crippen molar-refractivity contribution in [3.05, 3.63) is 27.7 Å². The molecule has 2 aliphatic heterocycles. The number of fused-ring (bicyclic) bond motifs is 2. The van der Waals surface area contributed by atoms with E-state index in [-0.39, 0.29) is 12.5 Å². The fourth-order valence-electron chi connectivity index (χ4n) is 1.77. The molecule has 2 aliphatic rings. The van der Waals surface area contributed by atoms with Gasteiger partial charge in [-0.15, -0.1) is 0 Å². The molecule has 1 aromatic rings. The van der Waals surface area contributed by atoms with Crippen LogP contribution in [0.15, 0.2) is 17.1 Å². The Kier molecular flexibility index (Phi) is 2.09. The third-order valence-electron chi connectivity index (χ3n) is 2.53. The van der Waals surface area contributed by atoms with Gasteiger partial charge in [0.25, 0.3) is 0 Å². The lowest BCUT2D eigenvalue weighted by Crippen LogP contribution is -2.27. The number of hydrogen-bond acceptors (Lipinski definition) is 4. The van der Waals surface area contributed by atoms with E-state index in [4.69, 9.17) is 27.9 Å². The standard InChI is InChI=1S/C10H6Cl2N2O2/c11-6-1-2-7-5(9(6)12)3-14-4-8(15)16-10(14)13-7/h1-2H,3-4H2. The van der Waals surface area contributed by atoms with Gasteiger partial charge in [0.2, 0.25) is 0 Å². The molecule has 1 aromatic carbocycles. The van der Waals surface area contributed by atoms with E-state index in [1.54, 1.807) is 17.0 Å². The van der Waals surface area contributed by atoms with Gasteiger partial charge in [-0.05, 0) is 12.1 Å². The largest absolute Gasteiger partial charge is 0.391 e. The average molecular weight is 257 g/mol. The van der Waals surface area contributed by atoms with Gasteiger partial charge >= 0.3 is 12.0 Å². The van der Waals surface area contributed by atoms with Gasteiger partial charge in [0, 0.05) is 5.56 Å². The summed E-state index contributed by atoms with van der Waals surface area (Å²) in [5, 5.41) is 0.979. The molecular weight excluding hydrogens is 251 g/mol. The molecule has 3 rings (SSSR count). The number of halogens is 2. The number of rotatable bonds is 0. The molecule has 0 aromatic heterocycles. The lowest BCUT2D eigenvalue weighted by molar-refractivity contribution is -0.132. The van der Waals surface area contributed by atoms with Crippen LogP contribution in [0.25, 0.3) is 0 Å². The van der Waals surface area contributed by atoms with E-state index in [0.29, 0.717) is 28.3 Å². The van der Waals surface area contributed by atoms with Gasteiger partial charge < -0.3 is 9.64 Å². The van der Waals surface area contributed by atoms with Crippen LogP contribution in [0.2, 0.25) is 10.0 Å². The maximum absolute atomic E-state index is 11.1. The molecule has 0 atom stereocenters. The summed E-state index contributed by atoms with van der Waals surface area (Å²) in [6.45, 7) is 0.709. The summed E-state index contributed by atoms with van der Waals surface area (Å²) >= 11 is 12.0. The first kappa shape index (κ1) is 9.93. The van der Waals surface area contributed by atoms with Crippen molar-refractivity contribution in [3.63, 3.8) is 0 Å². The molecule has 1 saturated heterocycles. The number of carbonyl (C=O) groups excluding carboxylic acids is 1. The quantitative estimate of drug-likeness (QED) is 0.670. The summed E-state index contributed by atoms with van der Waals surface area (Å²) in [6, 6.07) is 3.79. The summed E-state index contributed by atoms with van der Waals surface area (Å²) in [7, 11) is 0. The van der Waals surface area contributed by atoms with E-state index < -0.39 is 0 Å². The van der Waals surface area contributed by atoms with Crippen LogP contribution in [0.5, 0.6) is 0 Å². The third-order valence-corrected chi connectivity index (χ3v) is 3.38. The fourth-order valence-corrected chi connectivity index (χ4v) is 2.17. The van der Waals surface area contributed by atoms with Crippen LogP contribution in [0, 0.1) is 0 Å². The molecule has 0 N–H and O–H groups in total. The van der Waals surface area contributed by atoms with Gasteiger partial charge in [0.1, 0.15) is 6.54 Å². The highest BCUT2D eigenvalue weighted by atomic mass is 35.5. The summed E-state index contributed by atoms with van der Waals surface area (Å²) in [5.41, 5.74) is 1.53. The molecule has 16 heavy (non-hydrogen) atoms. The number of carbonyl (C=O) groups is 1. The minimum atomic E-state index is -0.297. The summed E-state index contributed by atoms with van der Waals surface area (Å²) in [5.74, 6) is -0.297. The SMILES string of the molecule is O=C1CN2Cc3c(ccc(Cl)c3Cl)N=C2O1. The first-order valence-corrected chi connectivity index (χ1v) is 5.42. The van der Waals surface area contributed by atoms with Crippen LogP contribution in [0.4, 0.5) is 5.69 Å². The Morgan fingerprint density at radius 1 is 1.31 bits per heavy atom. The molecule has 2 heterocycles. The second-order valence-electron chi connectivity index (χ2n) is 3.58. The number of hydrogen-bond donors (Lipinski definition) is 0. The number of aliphatic imine (C=N–C) groups is 1. The number of nitrogens with zero attached hydrogens (tertiary/aromatic N) is 2. The molecule has 0 spiro atoms. The predicted octanol–water partition coefficient (Wildman–Crippen LogP) is 2.35. The van der Waals surface area contributed by atoms with E-state index in [0.717, 1.165) is 5.56 Å². The Hall–Kier alpha value is -1.26. The van der Waals surface area contributed by atoms with Crippen molar-refractivity contribution in [2.24, 2.45) is 4.99 Å². The highest BCUT2D eigenvalue weighted by Crippen LogP contribution is 2.37. The predicted molar refractivity (Wildman–Crippen MR) is 60.1 cm³/mol. The van der Waals surface area contributed by atoms with E-state index in [1.165, 1.54) is 0 Å². The minimum Gasteiger partial charge on any atom is -0.391 e. The highest BCUT2D eigenvalue weighted by molar-refractivity contribution is 6.42. The molecule has 0 amide bonds. The Morgan fingerprint density at radius 3 is 2.94 bits per heavy atom. The zero-order valence-corrected chi connectivity index (χ0v) is 9.55. The lowest BCUT2D eigenvalue weighted by Gasteiger charge is -2.22. The van der Waals surface area contributed by atoms with Crippen LogP contribution in [-0.2, 0) is 16.1 Å². The Balaban J connectivity index is 2.12. The van der Waals surface area contributed by atoms with Crippen LogP contribution >= 0.6 is 23.2 Å². The second-order valence-corrected chi connectivity index (χ2v) is 4.37. The summed E-state index contributed by atoms with van der Waals surface area (Å²) in [6.07, 6.45) is 0. The first-order valence-electron chi connectivity index (χ1n) is 4.66. The molecular formula is C10H6Cl2N2O2. The van der Waals surface area contributed by atoms with Gasteiger partial charge in [-0.3, -0.25) is 0 Å². The number of amidine groups is 1. The van der Waals surface area contributed by atoms with Gasteiger partial charge in [0.15, 0.2) is 0 Å². The Bertz CT molecular complexity index is 528. The second kappa shape index (κ2) is 3.37. The molecule has 0 saturated carbocycles. The number of esters is 1. The van der Waals surface area contributed by atoms with E-state index in [2.05, 4.69) is 4.99 Å². The van der Waals surface area contributed by atoms with Crippen molar-refractivity contribution in [1.82, 2.24) is 4.90 Å². The van der Waals surface area contributed by atoms with Crippen molar-refractivity contribution in [2.45, 2.75) is 6.54 Å². The zero-order chi connectivity index (χ0) is 11.3. The lowest BCUT2D eigenvalue weighted by atomic mass is 10.1. The topological polar surface area (TPSA) is 41.9 Å². The molecule has 0 aliphatic carbocycles. The molecule has 1 fully saturated rings. The smallest absolute Gasteiger partial charge is 0.333 e. The third kappa shape index (κ3) is 1.37. The van der Waals surface area contributed by atoms with Gasteiger partial charge in [-0.2, -0.15) is 4.99 Å². The van der Waals surface area contributed by atoms with Crippen molar-refractivity contribution in [3.8, 4) is 0 Å². The average Bonchev–Trinajstić information content (AvgIpc) is 2.61. The molecule has 82 valence electrons. The fraction of sp³-hybridized carbons (Fsp3) is 0.200. The van der Waals surface area contributed by atoms with E-state index in [9.17, 15) is 4.79 Å². The van der Waals surface area contributed by atoms with Crippen molar-refractivity contribution in [2.75, 3.05) is 6.54 Å². The van der Waals surface area contributed by atoms with Crippen LogP contribution in [-0.4, -0.2) is 23.4 Å².